The highest BCUT2D eigenvalue weighted by atomic mass is 79.9. The lowest BCUT2D eigenvalue weighted by Gasteiger charge is -2.09. The van der Waals surface area contributed by atoms with Gasteiger partial charge in [0.2, 0.25) is 0 Å². The molecule has 1 aromatic carbocycles. The minimum Gasteiger partial charge on any atom is -0.396 e. The molecule has 0 spiro atoms. The van der Waals surface area contributed by atoms with Gasteiger partial charge in [-0.1, -0.05) is 35.0 Å². The van der Waals surface area contributed by atoms with Crippen LogP contribution < -0.4 is 0 Å². The lowest BCUT2D eigenvalue weighted by molar-refractivity contribution is 0.289. The Balaban J connectivity index is 2.37. The van der Waals surface area contributed by atoms with E-state index in [1.54, 1.807) is 0 Å². The highest BCUT2D eigenvalue weighted by Gasteiger charge is 2.02. The lowest BCUT2D eigenvalue weighted by Crippen LogP contribution is -1.99. The predicted molar refractivity (Wildman–Crippen MR) is 66.6 cm³/mol. The summed E-state index contributed by atoms with van der Waals surface area (Å²) in [6.45, 7) is 2.44. The molecule has 14 heavy (non-hydrogen) atoms. The SMILES string of the molecule is CC(CCO)SCc1cccc(Br)c1. The van der Waals surface area contributed by atoms with Gasteiger partial charge in [-0.2, -0.15) is 11.8 Å². The van der Waals surface area contributed by atoms with Gasteiger partial charge in [0, 0.05) is 22.1 Å². The summed E-state index contributed by atoms with van der Waals surface area (Å²) in [4.78, 5) is 0. The van der Waals surface area contributed by atoms with Crippen molar-refractivity contribution in [3.05, 3.63) is 34.3 Å². The highest BCUT2D eigenvalue weighted by molar-refractivity contribution is 9.10. The summed E-state index contributed by atoms with van der Waals surface area (Å²) >= 11 is 5.33. The molecule has 0 amide bonds. The molecular weight excluding hydrogens is 260 g/mol. The number of thioether (sulfide) groups is 1. The van der Waals surface area contributed by atoms with Gasteiger partial charge < -0.3 is 5.11 Å². The van der Waals surface area contributed by atoms with Crippen molar-refractivity contribution in [2.45, 2.75) is 24.3 Å². The Morgan fingerprint density at radius 3 is 2.93 bits per heavy atom. The summed E-state index contributed by atoms with van der Waals surface area (Å²) in [5.74, 6) is 1.01. The molecule has 78 valence electrons. The molecule has 0 aliphatic heterocycles. The van der Waals surface area contributed by atoms with Gasteiger partial charge in [-0.3, -0.25) is 0 Å². The van der Waals surface area contributed by atoms with Crippen LogP contribution in [0.2, 0.25) is 0 Å². The van der Waals surface area contributed by atoms with Crippen molar-refractivity contribution < 1.29 is 5.11 Å². The van der Waals surface area contributed by atoms with Gasteiger partial charge in [-0.15, -0.1) is 0 Å². The maximum atomic E-state index is 8.76. The van der Waals surface area contributed by atoms with E-state index in [4.69, 9.17) is 5.11 Å². The highest BCUT2D eigenvalue weighted by Crippen LogP contribution is 2.21. The van der Waals surface area contributed by atoms with Crippen LogP contribution in [0.1, 0.15) is 18.9 Å². The van der Waals surface area contributed by atoms with Gasteiger partial charge in [0.15, 0.2) is 0 Å². The molecule has 0 aliphatic rings. The van der Waals surface area contributed by atoms with Gasteiger partial charge in [0.1, 0.15) is 0 Å². The number of aliphatic hydroxyl groups excluding tert-OH is 1. The van der Waals surface area contributed by atoms with E-state index >= 15 is 0 Å². The normalized spacial score (nSPS) is 12.8. The quantitative estimate of drug-likeness (QED) is 0.888. The third kappa shape index (κ3) is 4.49. The Bertz CT molecular complexity index is 278. The van der Waals surface area contributed by atoms with Crippen molar-refractivity contribution >= 4 is 27.7 Å². The third-order valence-electron chi connectivity index (χ3n) is 1.96. The molecule has 1 rings (SSSR count). The fourth-order valence-corrected chi connectivity index (χ4v) is 2.51. The fraction of sp³-hybridized carbons (Fsp3) is 0.455. The van der Waals surface area contributed by atoms with Gasteiger partial charge >= 0.3 is 0 Å². The van der Waals surface area contributed by atoms with Crippen LogP contribution >= 0.6 is 27.7 Å². The van der Waals surface area contributed by atoms with E-state index in [0.717, 1.165) is 16.6 Å². The van der Waals surface area contributed by atoms with E-state index in [0.29, 0.717) is 5.25 Å². The summed E-state index contributed by atoms with van der Waals surface area (Å²) in [5, 5.41) is 9.28. The van der Waals surface area contributed by atoms with E-state index in [1.807, 2.05) is 17.8 Å². The molecule has 3 heteroatoms. The lowest BCUT2D eigenvalue weighted by atomic mass is 10.2. The Hall–Kier alpha value is 0.01000. The Morgan fingerprint density at radius 2 is 2.29 bits per heavy atom. The maximum absolute atomic E-state index is 8.76. The van der Waals surface area contributed by atoms with Crippen molar-refractivity contribution in [1.82, 2.24) is 0 Å². The number of hydrogen-bond donors (Lipinski definition) is 1. The van der Waals surface area contributed by atoms with Crippen molar-refractivity contribution in [1.29, 1.82) is 0 Å². The minimum atomic E-state index is 0.284. The van der Waals surface area contributed by atoms with Crippen LogP contribution in [0.3, 0.4) is 0 Å². The first kappa shape index (κ1) is 12.1. The second-order valence-electron chi connectivity index (χ2n) is 3.26. The summed E-state index contributed by atoms with van der Waals surface area (Å²) < 4.78 is 1.13. The monoisotopic (exact) mass is 274 g/mol. The minimum absolute atomic E-state index is 0.284. The molecule has 1 unspecified atom stereocenters. The molecule has 0 bridgehead atoms. The van der Waals surface area contributed by atoms with Gasteiger partial charge in [-0.25, -0.2) is 0 Å². The summed E-state index contributed by atoms with van der Waals surface area (Å²) in [5.41, 5.74) is 1.33. The van der Waals surface area contributed by atoms with Gasteiger partial charge in [0.05, 0.1) is 0 Å². The molecule has 1 nitrogen and oxygen atoms in total. The van der Waals surface area contributed by atoms with Crippen LogP contribution in [0, 0.1) is 0 Å². The number of aliphatic hydroxyl groups is 1. The Morgan fingerprint density at radius 1 is 1.50 bits per heavy atom. The zero-order chi connectivity index (χ0) is 10.4. The van der Waals surface area contributed by atoms with E-state index in [9.17, 15) is 0 Å². The van der Waals surface area contributed by atoms with Crippen LogP contribution in [0.25, 0.3) is 0 Å². The van der Waals surface area contributed by atoms with Crippen molar-refractivity contribution in [2.75, 3.05) is 6.61 Å². The molecular formula is C11H15BrOS. The average molecular weight is 275 g/mol. The predicted octanol–water partition coefficient (Wildman–Crippen LogP) is 3.45. The van der Waals surface area contributed by atoms with E-state index in [2.05, 4.69) is 41.1 Å². The standard InChI is InChI=1S/C11H15BrOS/c1-9(5-6-13)14-8-10-3-2-4-11(12)7-10/h2-4,7,9,13H,5-6,8H2,1H3. The average Bonchev–Trinajstić information content (AvgIpc) is 2.15. The van der Waals surface area contributed by atoms with Crippen molar-refractivity contribution in [3.63, 3.8) is 0 Å². The molecule has 0 saturated heterocycles. The Labute approximate surface area is 98.0 Å². The van der Waals surface area contributed by atoms with Crippen LogP contribution in [0.5, 0.6) is 0 Å². The van der Waals surface area contributed by atoms with Crippen LogP contribution in [-0.2, 0) is 5.75 Å². The van der Waals surface area contributed by atoms with Crippen LogP contribution in [0.4, 0.5) is 0 Å². The molecule has 0 saturated carbocycles. The fourth-order valence-electron chi connectivity index (χ4n) is 1.13. The van der Waals surface area contributed by atoms with E-state index < -0.39 is 0 Å². The maximum Gasteiger partial charge on any atom is 0.0441 e. The molecule has 1 aromatic rings. The molecule has 0 aliphatic carbocycles. The van der Waals surface area contributed by atoms with Gasteiger partial charge in [-0.05, 0) is 24.1 Å². The summed E-state index contributed by atoms with van der Waals surface area (Å²) in [6.07, 6.45) is 0.874. The second-order valence-corrected chi connectivity index (χ2v) is 5.61. The first-order chi connectivity index (χ1) is 6.72. The Kier molecular flexibility index (Phi) is 5.60. The zero-order valence-electron chi connectivity index (χ0n) is 8.24. The number of hydrogen-bond acceptors (Lipinski definition) is 2. The number of benzene rings is 1. The van der Waals surface area contributed by atoms with Crippen LogP contribution in [0.15, 0.2) is 28.7 Å². The molecule has 1 N–H and O–H groups in total. The molecule has 0 aromatic heterocycles. The van der Waals surface area contributed by atoms with E-state index in [-0.39, 0.29) is 6.61 Å². The largest absolute Gasteiger partial charge is 0.396 e. The molecule has 0 heterocycles. The second kappa shape index (κ2) is 6.49. The number of halogens is 1. The van der Waals surface area contributed by atoms with Gasteiger partial charge in [0.25, 0.3) is 0 Å². The number of rotatable bonds is 5. The summed E-state index contributed by atoms with van der Waals surface area (Å²) in [6, 6.07) is 8.35. The van der Waals surface area contributed by atoms with Crippen molar-refractivity contribution in [2.24, 2.45) is 0 Å². The summed E-state index contributed by atoms with van der Waals surface area (Å²) in [7, 11) is 0. The van der Waals surface area contributed by atoms with Crippen LogP contribution in [-0.4, -0.2) is 17.0 Å². The molecule has 1 atom stereocenters. The van der Waals surface area contributed by atoms with Crippen molar-refractivity contribution in [3.8, 4) is 0 Å². The molecule has 0 fully saturated rings. The van der Waals surface area contributed by atoms with E-state index in [1.165, 1.54) is 5.56 Å². The topological polar surface area (TPSA) is 20.2 Å². The first-order valence-electron chi connectivity index (χ1n) is 4.69. The first-order valence-corrected chi connectivity index (χ1v) is 6.53. The third-order valence-corrected chi connectivity index (χ3v) is 3.76. The smallest absolute Gasteiger partial charge is 0.0441 e. The zero-order valence-corrected chi connectivity index (χ0v) is 10.6. The molecule has 0 radical (unpaired) electrons.